The summed E-state index contributed by atoms with van der Waals surface area (Å²) < 4.78 is 6.22. The van der Waals surface area contributed by atoms with Crippen LogP contribution in [0.2, 0.25) is 0 Å². The van der Waals surface area contributed by atoms with Crippen molar-refractivity contribution < 1.29 is 4.42 Å². The molecule has 0 spiro atoms. The number of aromatic nitrogens is 1. The molecule has 0 fully saturated rings. The largest absolute Gasteiger partial charge is 0.454 e. The molecule has 0 saturated carbocycles. The fourth-order valence-corrected chi connectivity index (χ4v) is 6.78. The monoisotopic (exact) mass is 614 g/mol. The van der Waals surface area contributed by atoms with E-state index in [0.717, 1.165) is 55.5 Å². The van der Waals surface area contributed by atoms with E-state index >= 15 is 0 Å². The van der Waals surface area contributed by atoms with Crippen LogP contribution in [0, 0.1) is 0 Å². The fraction of sp³-hybridized carbons (Fsp3) is 0. The number of hydrogen-bond acceptors (Lipinski definition) is 3. The lowest BCUT2D eigenvalue weighted by atomic mass is 9.99. The van der Waals surface area contributed by atoms with Crippen molar-refractivity contribution in [2.45, 2.75) is 0 Å². The number of para-hydroxylation sites is 2. The summed E-state index contributed by atoms with van der Waals surface area (Å²) in [7, 11) is 0. The Labute approximate surface area is 279 Å². The second kappa shape index (κ2) is 11.7. The smallest absolute Gasteiger partial charge is 0.154 e. The van der Waals surface area contributed by atoms with E-state index in [1.54, 1.807) is 0 Å². The maximum atomic E-state index is 6.22. The minimum Gasteiger partial charge on any atom is -0.454 e. The number of hydrogen-bond donors (Lipinski definition) is 0. The third-order valence-corrected chi connectivity index (χ3v) is 9.13. The minimum atomic E-state index is 0.791. The summed E-state index contributed by atoms with van der Waals surface area (Å²) in [6.45, 7) is 0. The predicted molar refractivity (Wildman–Crippen MR) is 200 cm³/mol. The number of rotatable bonds is 6. The van der Waals surface area contributed by atoms with Gasteiger partial charge in [0.1, 0.15) is 5.58 Å². The minimum absolute atomic E-state index is 0.791. The summed E-state index contributed by atoms with van der Waals surface area (Å²) >= 11 is 0. The lowest BCUT2D eigenvalue weighted by Gasteiger charge is -2.28. The Bertz CT molecular complexity index is 2540. The first kappa shape index (κ1) is 27.8. The van der Waals surface area contributed by atoms with Crippen molar-refractivity contribution in [1.82, 2.24) is 4.98 Å². The number of anilines is 3. The SMILES string of the molecule is c1ccc(-c2ccc(-c3ccc(N(c4ccc5ncc6oc7ccccc7c6c5c4)c4ccccc4-c4ccccc4)cc3)cc2)cc1. The summed E-state index contributed by atoms with van der Waals surface area (Å²) in [6, 6.07) is 62.2. The van der Waals surface area contributed by atoms with Gasteiger partial charge in [-0.3, -0.25) is 4.98 Å². The van der Waals surface area contributed by atoms with Gasteiger partial charge in [-0.25, -0.2) is 0 Å². The molecule has 9 rings (SSSR count). The zero-order valence-electron chi connectivity index (χ0n) is 26.1. The van der Waals surface area contributed by atoms with Gasteiger partial charge in [-0.1, -0.05) is 133 Å². The van der Waals surface area contributed by atoms with Gasteiger partial charge in [0.2, 0.25) is 0 Å². The number of fused-ring (bicyclic) bond motifs is 5. The molecule has 2 heterocycles. The normalized spacial score (nSPS) is 11.3. The molecular weight excluding hydrogens is 585 g/mol. The van der Waals surface area contributed by atoms with E-state index < -0.39 is 0 Å². The van der Waals surface area contributed by atoms with E-state index in [1.807, 2.05) is 18.3 Å². The van der Waals surface area contributed by atoms with Crippen LogP contribution in [0.25, 0.3) is 66.2 Å². The third kappa shape index (κ3) is 4.90. The molecule has 226 valence electrons. The maximum Gasteiger partial charge on any atom is 0.154 e. The number of benzene rings is 7. The first-order valence-corrected chi connectivity index (χ1v) is 16.2. The molecule has 9 aromatic rings. The van der Waals surface area contributed by atoms with Crippen LogP contribution in [0.5, 0.6) is 0 Å². The van der Waals surface area contributed by atoms with Gasteiger partial charge < -0.3 is 9.32 Å². The number of furan rings is 1. The number of nitrogens with zero attached hydrogens (tertiary/aromatic N) is 2. The van der Waals surface area contributed by atoms with Crippen LogP contribution in [-0.4, -0.2) is 4.98 Å². The van der Waals surface area contributed by atoms with Crippen molar-refractivity contribution >= 4 is 49.9 Å². The van der Waals surface area contributed by atoms with Crippen molar-refractivity contribution in [2.75, 3.05) is 4.90 Å². The Morgan fingerprint density at radius 2 is 0.979 bits per heavy atom. The van der Waals surface area contributed by atoms with E-state index in [1.165, 1.54) is 27.8 Å². The van der Waals surface area contributed by atoms with Crippen LogP contribution in [-0.2, 0) is 0 Å². The standard InChI is InChI=1S/C45H30N2O/c1-3-11-31(12-4-1)32-19-21-33(22-20-32)34-23-25-36(26-24-34)47(42-17-9-7-15-38(42)35-13-5-2-6-14-35)37-27-28-41-40(29-37)45-39-16-8-10-18-43(39)48-44(45)30-46-41/h1-30H. The van der Waals surface area contributed by atoms with Gasteiger partial charge in [0, 0.05) is 33.1 Å². The molecule has 3 nitrogen and oxygen atoms in total. The highest BCUT2D eigenvalue weighted by Crippen LogP contribution is 2.43. The Hall–Kier alpha value is -6.45. The summed E-state index contributed by atoms with van der Waals surface area (Å²) in [6.07, 6.45) is 1.84. The third-order valence-electron chi connectivity index (χ3n) is 9.13. The van der Waals surface area contributed by atoms with Gasteiger partial charge in [-0.2, -0.15) is 0 Å². The van der Waals surface area contributed by atoms with Crippen LogP contribution in [0.1, 0.15) is 0 Å². The van der Waals surface area contributed by atoms with E-state index in [0.29, 0.717) is 0 Å². The quantitative estimate of drug-likeness (QED) is 0.187. The van der Waals surface area contributed by atoms with Crippen molar-refractivity contribution in [3.05, 3.63) is 182 Å². The van der Waals surface area contributed by atoms with Gasteiger partial charge in [0.15, 0.2) is 5.58 Å². The van der Waals surface area contributed by atoms with Crippen molar-refractivity contribution in [1.29, 1.82) is 0 Å². The lowest BCUT2D eigenvalue weighted by molar-refractivity contribution is 0.667. The Kier molecular flexibility index (Phi) is 6.80. The topological polar surface area (TPSA) is 29.3 Å². The molecule has 0 unspecified atom stereocenters. The average molecular weight is 615 g/mol. The molecule has 3 heteroatoms. The van der Waals surface area contributed by atoms with Crippen molar-refractivity contribution in [2.24, 2.45) is 0 Å². The first-order chi connectivity index (χ1) is 23.8. The lowest BCUT2D eigenvalue weighted by Crippen LogP contribution is -2.11. The highest BCUT2D eigenvalue weighted by molar-refractivity contribution is 6.18. The molecule has 0 saturated heterocycles. The molecule has 0 N–H and O–H groups in total. The molecule has 7 aromatic carbocycles. The molecule has 48 heavy (non-hydrogen) atoms. The second-order valence-corrected chi connectivity index (χ2v) is 12.0. The Morgan fingerprint density at radius 1 is 0.417 bits per heavy atom. The molecule has 2 aromatic heterocycles. The molecular formula is C45H30N2O. The molecule has 0 aliphatic carbocycles. The molecule has 0 radical (unpaired) electrons. The Balaban J connectivity index is 1.19. The second-order valence-electron chi connectivity index (χ2n) is 12.0. The van der Waals surface area contributed by atoms with Gasteiger partial charge in [0.25, 0.3) is 0 Å². The maximum absolute atomic E-state index is 6.22. The molecule has 0 atom stereocenters. The Morgan fingerprint density at radius 3 is 1.71 bits per heavy atom. The van der Waals surface area contributed by atoms with Crippen LogP contribution >= 0.6 is 0 Å². The van der Waals surface area contributed by atoms with E-state index in [9.17, 15) is 0 Å². The van der Waals surface area contributed by atoms with Crippen LogP contribution in [0.4, 0.5) is 17.1 Å². The van der Waals surface area contributed by atoms with Gasteiger partial charge in [0.05, 0.1) is 17.4 Å². The molecule has 0 aliphatic heterocycles. The van der Waals surface area contributed by atoms with Crippen molar-refractivity contribution in [3.8, 4) is 33.4 Å². The summed E-state index contributed by atoms with van der Waals surface area (Å²) in [5, 5.41) is 3.24. The molecule has 0 amide bonds. The zero-order valence-corrected chi connectivity index (χ0v) is 26.1. The average Bonchev–Trinajstić information content (AvgIpc) is 3.56. The van der Waals surface area contributed by atoms with Crippen LogP contribution in [0.15, 0.2) is 187 Å². The van der Waals surface area contributed by atoms with Crippen molar-refractivity contribution in [3.63, 3.8) is 0 Å². The highest BCUT2D eigenvalue weighted by Gasteiger charge is 2.19. The van der Waals surface area contributed by atoms with Gasteiger partial charge >= 0.3 is 0 Å². The zero-order chi connectivity index (χ0) is 31.9. The molecule has 0 bridgehead atoms. The summed E-state index contributed by atoms with van der Waals surface area (Å²) in [5.74, 6) is 0. The van der Waals surface area contributed by atoms with E-state index in [-0.39, 0.29) is 0 Å². The van der Waals surface area contributed by atoms with E-state index in [2.05, 4.69) is 169 Å². The highest BCUT2D eigenvalue weighted by atomic mass is 16.3. The van der Waals surface area contributed by atoms with Gasteiger partial charge in [-0.05, 0) is 70.3 Å². The van der Waals surface area contributed by atoms with E-state index in [4.69, 9.17) is 9.40 Å². The first-order valence-electron chi connectivity index (χ1n) is 16.2. The van der Waals surface area contributed by atoms with Crippen LogP contribution < -0.4 is 4.90 Å². The number of pyridine rings is 1. The van der Waals surface area contributed by atoms with Gasteiger partial charge in [-0.15, -0.1) is 0 Å². The predicted octanol–water partition coefficient (Wildman–Crippen LogP) is 12.6. The van der Waals surface area contributed by atoms with Crippen LogP contribution in [0.3, 0.4) is 0 Å². The molecule has 0 aliphatic rings. The fourth-order valence-electron chi connectivity index (χ4n) is 6.78. The summed E-state index contributed by atoms with van der Waals surface area (Å²) in [4.78, 5) is 7.13. The summed E-state index contributed by atoms with van der Waals surface area (Å²) in [5.41, 5.74) is 12.9.